The average molecular weight is 483 g/mol. The molecule has 0 unspecified atom stereocenters. The molecule has 3 atom stereocenters. The van der Waals surface area contributed by atoms with Crippen LogP contribution < -0.4 is 16.0 Å². The third kappa shape index (κ3) is 6.40. The molecule has 0 saturated heterocycles. The van der Waals surface area contributed by atoms with Gasteiger partial charge in [0.1, 0.15) is 12.2 Å². The van der Waals surface area contributed by atoms with Crippen molar-refractivity contribution in [2.45, 2.75) is 44.8 Å². The number of rotatable bonds is 8. The molecule has 0 spiro atoms. The Labute approximate surface area is 202 Å². The Morgan fingerprint density at radius 1 is 1.20 bits per heavy atom. The summed E-state index contributed by atoms with van der Waals surface area (Å²) in [5.74, 6) is -1.36. The van der Waals surface area contributed by atoms with Crippen molar-refractivity contribution in [3.8, 4) is 0 Å². The fourth-order valence-electron chi connectivity index (χ4n) is 4.28. The molecule has 2 heterocycles. The average Bonchev–Trinajstić information content (AvgIpc) is 3.43. The molecule has 1 aliphatic rings. The number of pyridine rings is 1. The molecule has 1 saturated carbocycles. The van der Waals surface area contributed by atoms with Gasteiger partial charge in [-0.2, -0.15) is 5.10 Å². The number of carbonyl (C=O) groups excluding carboxylic acids is 2. The number of nitrogens with zero attached hydrogens (tertiary/aromatic N) is 3. The number of anilines is 3. The minimum atomic E-state index is -0.877. The number of carbonyl (C=O) groups is 2. The number of alkyl halides is 1. The Kier molecular flexibility index (Phi) is 7.38. The van der Waals surface area contributed by atoms with Crippen molar-refractivity contribution < 1.29 is 18.4 Å². The number of hydrogen-bond donors (Lipinski definition) is 3. The van der Waals surface area contributed by atoms with Crippen LogP contribution in [0.15, 0.2) is 48.9 Å². The highest BCUT2D eigenvalue weighted by Crippen LogP contribution is 2.31. The van der Waals surface area contributed by atoms with Crippen LogP contribution in [0.4, 0.5) is 25.8 Å². The lowest BCUT2D eigenvalue weighted by Gasteiger charge is -2.21. The summed E-state index contributed by atoms with van der Waals surface area (Å²) in [5.41, 5.74) is 2.20. The Morgan fingerprint density at radius 2 is 2.03 bits per heavy atom. The summed E-state index contributed by atoms with van der Waals surface area (Å²) in [6, 6.07) is 7.28. The predicted molar refractivity (Wildman–Crippen MR) is 129 cm³/mol. The molecule has 0 aliphatic heterocycles. The second kappa shape index (κ2) is 10.6. The van der Waals surface area contributed by atoms with E-state index in [1.807, 2.05) is 0 Å². The normalized spacial score (nSPS) is 18.2. The van der Waals surface area contributed by atoms with Crippen molar-refractivity contribution in [1.82, 2.24) is 20.1 Å². The molecule has 2 amide bonds. The van der Waals surface area contributed by atoms with Crippen LogP contribution in [-0.2, 0) is 11.8 Å². The van der Waals surface area contributed by atoms with Crippen LogP contribution in [0.2, 0.25) is 0 Å². The summed E-state index contributed by atoms with van der Waals surface area (Å²) in [6.07, 6.45) is 5.26. The highest BCUT2D eigenvalue weighted by molar-refractivity contribution is 6.01. The van der Waals surface area contributed by atoms with E-state index in [-0.39, 0.29) is 11.6 Å². The molecule has 3 N–H and O–H groups in total. The van der Waals surface area contributed by atoms with Crippen LogP contribution in [-0.4, -0.2) is 38.8 Å². The molecule has 35 heavy (non-hydrogen) atoms. The van der Waals surface area contributed by atoms with Crippen LogP contribution >= 0.6 is 0 Å². The molecule has 184 valence electrons. The molecule has 10 heteroatoms. The summed E-state index contributed by atoms with van der Waals surface area (Å²) in [4.78, 5) is 30.0. The number of nitrogens with one attached hydrogen (secondary N) is 3. The molecular formula is C25H28F2N6O2. The van der Waals surface area contributed by atoms with E-state index in [4.69, 9.17) is 0 Å². The number of benzene rings is 1. The first-order valence-corrected chi connectivity index (χ1v) is 11.5. The first-order chi connectivity index (χ1) is 16.8. The van der Waals surface area contributed by atoms with Crippen molar-refractivity contribution in [2.75, 3.05) is 10.6 Å². The SMILES string of the molecule is Cc1cc(Nc2cccc(C(=O)N[C@@H](C[C@@H]3CC[C@@H](F)C3)C(=O)Nc3cnn(C)c3)c2)c(F)cn1. The Balaban J connectivity index is 1.48. The van der Waals surface area contributed by atoms with Gasteiger partial charge in [-0.05, 0) is 62.8 Å². The summed E-state index contributed by atoms with van der Waals surface area (Å²) in [5, 5.41) is 12.6. The van der Waals surface area contributed by atoms with Crippen LogP contribution in [0.5, 0.6) is 0 Å². The van der Waals surface area contributed by atoms with Crippen LogP contribution in [0.1, 0.15) is 41.7 Å². The number of hydrogen-bond acceptors (Lipinski definition) is 5. The summed E-state index contributed by atoms with van der Waals surface area (Å²) in [6.45, 7) is 1.75. The Hall–Kier alpha value is -3.82. The molecule has 3 aromatic rings. The lowest BCUT2D eigenvalue weighted by Crippen LogP contribution is -2.44. The van der Waals surface area contributed by atoms with Gasteiger partial charge in [-0.1, -0.05) is 6.07 Å². The molecule has 8 nitrogen and oxygen atoms in total. The largest absolute Gasteiger partial charge is 0.353 e. The van der Waals surface area contributed by atoms with Gasteiger partial charge in [-0.25, -0.2) is 8.78 Å². The molecule has 2 aromatic heterocycles. The predicted octanol–water partition coefficient (Wildman–Crippen LogP) is 4.27. The van der Waals surface area contributed by atoms with Gasteiger partial charge < -0.3 is 16.0 Å². The molecule has 0 radical (unpaired) electrons. The van der Waals surface area contributed by atoms with Crippen molar-refractivity contribution in [2.24, 2.45) is 13.0 Å². The molecule has 4 rings (SSSR count). The second-order valence-electron chi connectivity index (χ2n) is 8.94. The van der Waals surface area contributed by atoms with E-state index in [0.717, 1.165) is 6.20 Å². The second-order valence-corrected chi connectivity index (χ2v) is 8.94. The zero-order valence-corrected chi connectivity index (χ0v) is 19.6. The van der Waals surface area contributed by atoms with Gasteiger partial charge in [0.15, 0.2) is 5.82 Å². The van der Waals surface area contributed by atoms with Crippen molar-refractivity contribution in [3.63, 3.8) is 0 Å². The number of amides is 2. The third-order valence-electron chi connectivity index (χ3n) is 6.04. The maximum Gasteiger partial charge on any atom is 0.252 e. The standard InChI is InChI=1S/C25H28F2N6O2/c1-15-8-22(21(27)13-28-15)30-19-5-3-4-17(11-19)24(34)32-23(10-16-6-7-18(26)9-16)25(35)31-20-12-29-33(2)14-20/h3-5,8,11-14,16,18,23H,6-7,9-10H2,1-2H3,(H,28,30)(H,31,35)(H,32,34)/t16-,18-,23+/m1/s1. The maximum atomic E-state index is 14.1. The van der Waals surface area contributed by atoms with Gasteiger partial charge in [-0.15, -0.1) is 0 Å². The Morgan fingerprint density at radius 3 is 2.74 bits per heavy atom. The van der Waals surface area contributed by atoms with Gasteiger partial charge in [0.2, 0.25) is 5.91 Å². The van der Waals surface area contributed by atoms with E-state index in [2.05, 4.69) is 26.0 Å². The van der Waals surface area contributed by atoms with Crippen LogP contribution in [0, 0.1) is 18.7 Å². The van der Waals surface area contributed by atoms with Crippen molar-refractivity contribution in [1.29, 1.82) is 0 Å². The van der Waals surface area contributed by atoms with Gasteiger partial charge in [0.25, 0.3) is 5.91 Å². The summed E-state index contributed by atoms with van der Waals surface area (Å²) >= 11 is 0. The quantitative estimate of drug-likeness (QED) is 0.445. The van der Waals surface area contributed by atoms with Crippen LogP contribution in [0.3, 0.4) is 0 Å². The number of halogens is 2. The van der Waals surface area contributed by atoms with Crippen molar-refractivity contribution in [3.05, 3.63) is 66.0 Å². The lowest BCUT2D eigenvalue weighted by molar-refractivity contribution is -0.118. The Bertz CT molecular complexity index is 1210. The maximum absolute atomic E-state index is 14.1. The van der Waals surface area contributed by atoms with Gasteiger partial charge in [0, 0.05) is 30.2 Å². The molecule has 1 aromatic carbocycles. The topological polar surface area (TPSA) is 101 Å². The van der Waals surface area contributed by atoms with E-state index in [9.17, 15) is 18.4 Å². The smallest absolute Gasteiger partial charge is 0.252 e. The first-order valence-electron chi connectivity index (χ1n) is 11.5. The number of aryl methyl sites for hydroxylation is 2. The highest BCUT2D eigenvalue weighted by Gasteiger charge is 2.31. The van der Waals surface area contributed by atoms with Gasteiger partial charge in [0.05, 0.1) is 23.8 Å². The molecular weight excluding hydrogens is 454 g/mol. The van der Waals surface area contributed by atoms with E-state index in [1.54, 1.807) is 55.2 Å². The molecule has 1 aliphatic carbocycles. The zero-order chi connectivity index (χ0) is 24.9. The highest BCUT2D eigenvalue weighted by atomic mass is 19.1. The summed E-state index contributed by atoms with van der Waals surface area (Å²) < 4.78 is 29.4. The molecule has 0 bridgehead atoms. The fraction of sp³-hybridized carbons (Fsp3) is 0.360. The monoisotopic (exact) mass is 482 g/mol. The van der Waals surface area contributed by atoms with Crippen LogP contribution in [0.25, 0.3) is 0 Å². The van der Waals surface area contributed by atoms with E-state index in [0.29, 0.717) is 48.3 Å². The fourth-order valence-corrected chi connectivity index (χ4v) is 4.28. The zero-order valence-electron chi connectivity index (χ0n) is 19.6. The lowest BCUT2D eigenvalue weighted by atomic mass is 9.97. The minimum absolute atomic E-state index is 0.000791. The minimum Gasteiger partial charge on any atom is -0.353 e. The van der Waals surface area contributed by atoms with E-state index in [1.165, 1.54) is 6.20 Å². The van der Waals surface area contributed by atoms with Gasteiger partial charge in [-0.3, -0.25) is 19.3 Å². The summed E-state index contributed by atoms with van der Waals surface area (Å²) in [7, 11) is 1.73. The number of aromatic nitrogens is 3. The van der Waals surface area contributed by atoms with E-state index >= 15 is 0 Å². The third-order valence-corrected chi connectivity index (χ3v) is 6.04. The van der Waals surface area contributed by atoms with Gasteiger partial charge >= 0.3 is 0 Å². The molecule has 1 fully saturated rings. The van der Waals surface area contributed by atoms with Crippen molar-refractivity contribution >= 4 is 28.9 Å². The first kappa shape index (κ1) is 24.3. The van der Waals surface area contributed by atoms with E-state index < -0.39 is 29.8 Å².